The molecule has 14 nitrogen and oxygen atoms in total. The summed E-state index contributed by atoms with van der Waals surface area (Å²) in [6.07, 6.45) is 22.1. The van der Waals surface area contributed by atoms with Gasteiger partial charge < -0.3 is 64.2 Å². The van der Waals surface area contributed by atoms with E-state index in [2.05, 4.69) is 62.5 Å². The van der Waals surface area contributed by atoms with Crippen LogP contribution in [0.1, 0.15) is 142 Å². The highest BCUT2D eigenvalue weighted by atomic mass is 16.7. The van der Waals surface area contributed by atoms with Crippen molar-refractivity contribution in [2.45, 2.75) is 210 Å². The molecule has 0 aromatic carbocycles. The van der Waals surface area contributed by atoms with Crippen LogP contribution in [-0.2, 0) is 33.2 Å². The summed E-state index contributed by atoms with van der Waals surface area (Å²) < 4.78 is 34.0. The molecule has 11 atom stereocenters. The van der Waals surface area contributed by atoms with Crippen molar-refractivity contribution in [1.29, 1.82) is 0 Å². The fourth-order valence-corrected chi connectivity index (χ4v) is 7.04. The third-order valence-electron chi connectivity index (χ3n) is 10.9. The predicted octanol–water partition coefficient (Wildman–Crippen LogP) is 5.62. The van der Waals surface area contributed by atoms with E-state index in [1.807, 2.05) is 0 Å². The Kier molecular flexibility index (Phi) is 31.9. The van der Waals surface area contributed by atoms with Crippen molar-refractivity contribution in [2.75, 3.05) is 33.0 Å². The Balaban J connectivity index is 1.72. The molecule has 0 aromatic heterocycles. The van der Waals surface area contributed by atoms with Gasteiger partial charge in [-0.3, -0.25) is 4.79 Å². The molecule has 2 rings (SSSR count). The summed E-state index contributed by atoms with van der Waals surface area (Å²) >= 11 is 0. The zero-order valence-electron chi connectivity index (χ0n) is 37.1. The van der Waals surface area contributed by atoms with Gasteiger partial charge in [0.25, 0.3) is 0 Å². The molecule has 0 radical (unpaired) electrons. The predicted molar refractivity (Wildman–Crippen MR) is 233 cm³/mol. The van der Waals surface area contributed by atoms with E-state index in [9.17, 15) is 40.5 Å². The number of carbonyl (C=O) groups is 1. The van der Waals surface area contributed by atoms with Crippen LogP contribution in [0.2, 0.25) is 0 Å². The highest BCUT2D eigenvalue weighted by Crippen LogP contribution is 2.26. The fraction of sp³-hybridized carbons (Fsp3) is 0.809. The van der Waals surface area contributed by atoms with Crippen molar-refractivity contribution < 1.29 is 69.0 Å². The minimum absolute atomic E-state index is 0.0562. The van der Waals surface area contributed by atoms with Gasteiger partial charge in [-0.2, -0.15) is 0 Å². The molecule has 14 heteroatoms. The van der Waals surface area contributed by atoms with Gasteiger partial charge in [0.15, 0.2) is 12.6 Å². The molecule has 7 N–H and O–H groups in total. The molecule has 0 aromatic rings. The maximum absolute atomic E-state index is 12.9. The van der Waals surface area contributed by atoms with E-state index in [-0.39, 0.29) is 25.6 Å². The van der Waals surface area contributed by atoms with Crippen LogP contribution >= 0.6 is 0 Å². The molecule has 0 bridgehead atoms. The van der Waals surface area contributed by atoms with Gasteiger partial charge in [0.1, 0.15) is 54.9 Å². The lowest BCUT2D eigenvalue weighted by molar-refractivity contribution is -0.332. The second kappa shape index (κ2) is 35.3. The number of unbranched alkanes of at least 4 members (excludes halogenated alkanes) is 13. The Hall–Kier alpha value is -2.05. The summed E-state index contributed by atoms with van der Waals surface area (Å²) in [5, 5.41) is 71.7. The third kappa shape index (κ3) is 24.0. The zero-order valence-corrected chi connectivity index (χ0v) is 37.1. The number of aliphatic hydroxyl groups is 7. The number of rotatable bonds is 35. The van der Waals surface area contributed by atoms with Gasteiger partial charge >= 0.3 is 5.97 Å². The van der Waals surface area contributed by atoms with Gasteiger partial charge in [-0.05, 0) is 51.4 Å². The summed E-state index contributed by atoms with van der Waals surface area (Å²) in [7, 11) is 0. The van der Waals surface area contributed by atoms with Crippen LogP contribution < -0.4 is 0 Å². The molecule has 354 valence electrons. The summed E-state index contributed by atoms with van der Waals surface area (Å²) in [5.41, 5.74) is 0. The highest BCUT2D eigenvalue weighted by molar-refractivity contribution is 5.69. The van der Waals surface area contributed by atoms with Crippen LogP contribution in [0.3, 0.4) is 0 Å². The normalized spacial score (nSPS) is 27.9. The third-order valence-corrected chi connectivity index (χ3v) is 10.9. The number of ether oxygens (including phenoxy) is 6. The minimum Gasteiger partial charge on any atom is -0.457 e. The Morgan fingerprint density at radius 2 is 1.07 bits per heavy atom. The van der Waals surface area contributed by atoms with E-state index in [1.165, 1.54) is 44.9 Å². The molecule has 2 aliphatic rings. The lowest BCUT2D eigenvalue weighted by atomic mass is 9.98. The first kappa shape index (κ1) is 55.1. The van der Waals surface area contributed by atoms with Gasteiger partial charge in [-0.1, -0.05) is 133 Å². The minimum atomic E-state index is -1.71. The SMILES string of the molecule is CC/C=C\C/C=C\C/C=C\C/C=C\CCCCCCCCCCC(=O)OC(COCCCCCCCC)COC1OC(COC2OC(CO)C(O)C(O)C2O)C(O)C(O)C1O. The maximum Gasteiger partial charge on any atom is 0.306 e. The van der Waals surface area contributed by atoms with Crippen LogP contribution in [0.5, 0.6) is 0 Å². The number of aliphatic hydroxyl groups excluding tert-OH is 7. The van der Waals surface area contributed by atoms with Crippen molar-refractivity contribution >= 4 is 5.97 Å². The van der Waals surface area contributed by atoms with E-state index in [4.69, 9.17) is 28.4 Å². The van der Waals surface area contributed by atoms with E-state index < -0.39 is 80.7 Å². The average Bonchev–Trinajstić information content (AvgIpc) is 3.26. The number of carbonyl (C=O) groups excluding carboxylic acids is 1. The number of hydrogen-bond acceptors (Lipinski definition) is 14. The highest BCUT2D eigenvalue weighted by Gasteiger charge is 2.47. The first-order valence-corrected chi connectivity index (χ1v) is 23.2. The zero-order chi connectivity index (χ0) is 44.5. The Morgan fingerprint density at radius 1 is 0.557 bits per heavy atom. The Bertz CT molecular complexity index is 1190. The van der Waals surface area contributed by atoms with Crippen LogP contribution in [-0.4, -0.2) is 142 Å². The lowest BCUT2D eigenvalue weighted by Gasteiger charge is -2.42. The van der Waals surface area contributed by atoms with Gasteiger partial charge in [-0.15, -0.1) is 0 Å². The van der Waals surface area contributed by atoms with Crippen molar-refractivity contribution in [2.24, 2.45) is 0 Å². The maximum atomic E-state index is 12.9. The van der Waals surface area contributed by atoms with Gasteiger partial charge in [-0.25, -0.2) is 0 Å². The van der Waals surface area contributed by atoms with Gasteiger partial charge in [0.2, 0.25) is 0 Å². The van der Waals surface area contributed by atoms with Crippen molar-refractivity contribution in [1.82, 2.24) is 0 Å². The molecule has 2 saturated heterocycles. The molecular weight excluding hydrogens is 789 g/mol. The van der Waals surface area contributed by atoms with Crippen LogP contribution in [0.25, 0.3) is 0 Å². The average molecular weight is 871 g/mol. The first-order chi connectivity index (χ1) is 29.6. The summed E-state index contributed by atoms with van der Waals surface area (Å²) in [5.74, 6) is -0.390. The Labute approximate surface area is 365 Å². The van der Waals surface area contributed by atoms with Crippen LogP contribution in [0, 0.1) is 0 Å². The molecule has 0 saturated carbocycles. The molecular formula is C47H82O14. The molecule has 2 heterocycles. The fourth-order valence-electron chi connectivity index (χ4n) is 7.04. The summed E-state index contributed by atoms with van der Waals surface area (Å²) in [6.45, 7) is 3.48. The molecule has 2 fully saturated rings. The number of esters is 1. The standard InChI is InChI=1S/C47H82O14/c1-3-5-7-9-11-12-13-14-15-16-17-18-19-20-21-22-23-24-25-26-28-30-39(49)59-36(33-56-31-29-27-10-8-6-4-2)34-57-46-45(55)43(53)41(51)38(61-46)35-58-47-44(54)42(52)40(50)37(32-48)60-47/h5,7,11-12,14-15,17-18,36-38,40-48,50-55H,3-4,6,8-10,13,16,19-35H2,1-2H3/b7-5-,12-11-,15-14-,18-17-. The Morgan fingerprint density at radius 3 is 1.67 bits per heavy atom. The molecule has 0 amide bonds. The number of hydrogen-bond donors (Lipinski definition) is 7. The van der Waals surface area contributed by atoms with E-state index in [1.54, 1.807) is 0 Å². The number of allylic oxidation sites excluding steroid dienone is 8. The van der Waals surface area contributed by atoms with Crippen molar-refractivity contribution in [3.63, 3.8) is 0 Å². The lowest BCUT2D eigenvalue weighted by Crippen LogP contribution is -2.61. The van der Waals surface area contributed by atoms with E-state index in [0.717, 1.165) is 70.6 Å². The quantitative estimate of drug-likeness (QED) is 0.0234. The van der Waals surface area contributed by atoms with Crippen LogP contribution in [0.4, 0.5) is 0 Å². The molecule has 11 unspecified atom stereocenters. The van der Waals surface area contributed by atoms with Crippen molar-refractivity contribution in [3.05, 3.63) is 48.6 Å². The summed E-state index contributed by atoms with van der Waals surface area (Å²) in [6, 6.07) is 0. The second-order valence-electron chi connectivity index (χ2n) is 16.2. The van der Waals surface area contributed by atoms with E-state index in [0.29, 0.717) is 13.0 Å². The van der Waals surface area contributed by atoms with Gasteiger partial charge in [0, 0.05) is 13.0 Å². The molecule has 61 heavy (non-hydrogen) atoms. The smallest absolute Gasteiger partial charge is 0.306 e. The second-order valence-corrected chi connectivity index (χ2v) is 16.2. The van der Waals surface area contributed by atoms with Gasteiger partial charge in [0.05, 0.1) is 26.4 Å². The summed E-state index contributed by atoms with van der Waals surface area (Å²) in [4.78, 5) is 12.9. The topological polar surface area (TPSA) is 214 Å². The van der Waals surface area contributed by atoms with Crippen LogP contribution in [0.15, 0.2) is 48.6 Å². The molecule has 2 aliphatic heterocycles. The first-order valence-electron chi connectivity index (χ1n) is 23.2. The molecule has 0 spiro atoms. The molecule has 0 aliphatic carbocycles. The largest absolute Gasteiger partial charge is 0.457 e. The van der Waals surface area contributed by atoms with E-state index >= 15 is 0 Å². The van der Waals surface area contributed by atoms with Crippen molar-refractivity contribution in [3.8, 4) is 0 Å². The monoisotopic (exact) mass is 871 g/mol.